The van der Waals surface area contributed by atoms with Crippen LogP contribution in [0.2, 0.25) is 0 Å². The highest BCUT2D eigenvalue weighted by molar-refractivity contribution is 5.91. The summed E-state index contributed by atoms with van der Waals surface area (Å²) in [4.78, 5) is 12.3. The molecular formula is C19H19N3O2. The zero-order valence-corrected chi connectivity index (χ0v) is 13.5. The molecule has 24 heavy (non-hydrogen) atoms. The van der Waals surface area contributed by atoms with Crippen molar-refractivity contribution in [1.82, 2.24) is 9.78 Å². The van der Waals surface area contributed by atoms with Crippen molar-refractivity contribution >= 4 is 11.7 Å². The molecule has 1 heterocycles. The number of benzene rings is 2. The number of nitrogens with one attached hydrogen (secondary N) is 1. The molecule has 0 bridgehead atoms. The molecule has 0 saturated heterocycles. The molecule has 5 nitrogen and oxygen atoms in total. The number of carbonyl (C=O) groups excluding carboxylic acids is 1. The second-order valence-electron chi connectivity index (χ2n) is 5.43. The van der Waals surface area contributed by atoms with Crippen LogP contribution in [0.4, 0.5) is 5.82 Å². The Kier molecular flexibility index (Phi) is 4.91. The molecule has 0 aliphatic heterocycles. The predicted octanol–water partition coefficient (Wildman–Crippen LogP) is 3.12. The maximum Gasteiger partial charge on any atom is 0.229 e. The van der Waals surface area contributed by atoms with Crippen molar-refractivity contribution < 1.29 is 9.53 Å². The molecule has 0 saturated carbocycles. The Morgan fingerprint density at radius 2 is 1.79 bits per heavy atom. The highest BCUT2D eigenvalue weighted by Crippen LogP contribution is 2.14. The van der Waals surface area contributed by atoms with Gasteiger partial charge in [-0.05, 0) is 23.3 Å². The van der Waals surface area contributed by atoms with Gasteiger partial charge < -0.3 is 10.1 Å². The first-order valence-corrected chi connectivity index (χ1v) is 7.73. The van der Waals surface area contributed by atoms with Gasteiger partial charge in [-0.25, -0.2) is 4.68 Å². The topological polar surface area (TPSA) is 56.1 Å². The predicted molar refractivity (Wildman–Crippen MR) is 93.1 cm³/mol. The van der Waals surface area contributed by atoms with Crippen molar-refractivity contribution in [3.8, 4) is 5.75 Å². The number of anilines is 1. The van der Waals surface area contributed by atoms with E-state index in [1.54, 1.807) is 24.1 Å². The second-order valence-corrected chi connectivity index (χ2v) is 5.43. The van der Waals surface area contributed by atoms with Gasteiger partial charge in [0.1, 0.15) is 11.6 Å². The summed E-state index contributed by atoms with van der Waals surface area (Å²) in [6.45, 7) is 0.617. The summed E-state index contributed by atoms with van der Waals surface area (Å²) in [5, 5.41) is 7.20. The minimum absolute atomic E-state index is 0.0741. The molecule has 0 aliphatic rings. The number of aromatic nitrogens is 2. The lowest BCUT2D eigenvalue weighted by atomic mass is 10.1. The SMILES string of the molecule is COc1ccc(CC(=O)Nc2ccnn2Cc2ccccc2)cc1. The summed E-state index contributed by atoms with van der Waals surface area (Å²) >= 11 is 0. The van der Waals surface area contributed by atoms with Crippen molar-refractivity contribution in [2.45, 2.75) is 13.0 Å². The Labute approximate surface area is 140 Å². The summed E-state index contributed by atoms with van der Waals surface area (Å²) in [5.74, 6) is 1.40. The van der Waals surface area contributed by atoms with Crippen molar-refractivity contribution in [3.63, 3.8) is 0 Å². The summed E-state index contributed by atoms with van der Waals surface area (Å²) in [6.07, 6.45) is 1.99. The minimum atomic E-state index is -0.0741. The molecule has 0 atom stereocenters. The summed E-state index contributed by atoms with van der Waals surface area (Å²) < 4.78 is 6.90. The Balaban J connectivity index is 1.63. The highest BCUT2D eigenvalue weighted by Gasteiger charge is 2.09. The van der Waals surface area contributed by atoms with E-state index in [0.717, 1.165) is 16.9 Å². The van der Waals surface area contributed by atoms with Crippen LogP contribution in [-0.4, -0.2) is 22.8 Å². The second kappa shape index (κ2) is 7.46. The van der Waals surface area contributed by atoms with Gasteiger partial charge in [0.15, 0.2) is 0 Å². The number of hydrogen-bond acceptors (Lipinski definition) is 3. The fraction of sp³-hybridized carbons (Fsp3) is 0.158. The van der Waals surface area contributed by atoms with Gasteiger partial charge in [-0.3, -0.25) is 4.79 Å². The van der Waals surface area contributed by atoms with Gasteiger partial charge in [-0.2, -0.15) is 5.10 Å². The Morgan fingerprint density at radius 1 is 1.04 bits per heavy atom. The largest absolute Gasteiger partial charge is 0.497 e. The van der Waals surface area contributed by atoms with E-state index in [1.807, 2.05) is 54.6 Å². The van der Waals surface area contributed by atoms with E-state index < -0.39 is 0 Å². The standard InChI is InChI=1S/C19H19N3O2/c1-24-17-9-7-15(8-10-17)13-19(23)21-18-11-12-20-22(18)14-16-5-3-2-4-6-16/h2-12H,13-14H2,1H3,(H,21,23). The van der Waals surface area contributed by atoms with Gasteiger partial charge in [0, 0.05) is 6.07 Å². The maximum atomic E-state index is 12.3. The van der Waals surface area contributed by atoms with Crippen LogP contribution in [0.15, 0.2) is 66.9 Å². The van der Waals surface area contributed by atoms with Crippen LogP contribution in [0.25, 0.3) is 0 Å². The Bertz CT molecular complexity index is 795. The van der Waals surface area contributed by atoms with Gasteiger partial charge in [0.25, 0.3) is 0 Å². The maximum absolute atomic E-state index is 12.3. The van der Waals surface area contributed by atoms with E-state index in [2.05, 4.69) is 10.4 Å². The smallest absolute Gasteiger partial charge is 0.229 e. The molecule has 122 valence electrons. The first-order valence-electron chi connectivity index (χ1n) is 7.73. The van der Waals surface area contributed by atoms with Crippen LogP contribution in [0.3, 0.4) is 0 Å². The average molecular weight is 321 g/mol. The van der Waals surface area contributed by atoms with E-state index in [0.29, 0.717) is 18.8 Å². The number of carbonyl (C=O) groups is 1. The zero-order valence-electron chi connectivity index (χ0n) is 13.5. The number of rotatable bonds is 6. The molecule has 1 N–H and O–H groups in total. The van der Waals surface area contributed by atoms with Gasteiger partial charge >= 0.3 is 0 Å². The lowest BCUT2D eigenvalue weighted by molar-refractivity contribution is -0.115. The van der Waals surface area contributed by atoms with Gasteiger partial charge in [-0.15, -0.1) is 0 Å². The lowest BCUT2D eigenvalue weighted by Crippen LogP contribution is -2.18. The molecule has 5 heteroatoms. The third-order valence-corrected chi connectivity index (χ3v) is 3.68. The Morgan fingerprint density at radius 3 is 2.50 bits per heavy atom. The van der Waals surface area contributed by atoms with Crippen molar-refractivity contribution in [2.75, 3.05) is 12.4 Å². The number of amides is 1. The number of ether oxygens (including phenoxy) is 1. The highest BCUT2D eigenvalue weighted by atomic mass is 16.5. The minimum Gasteiger partial charge on any atom is -0.497 e. The molecule has 0 fully saturated rings. The van der Waals surface area contributed by atoms with E-state index in [1.165, 1.54) is 0 Å². The first kappa shape index (κ1) is 15.8. The zero-order chi connectivity index (χ0) is 16.8. The van der Waals surface area contributed by atoms with Crippen LogP contribution in [0.5, 0.6) is 5.75 Å². The molecule has 0 aliphatic carbocycles. The molecule has 3 rings (SSSR count). The van der Waals surface area contributed by atoms with Gasteiger partial charge in [0.2, 0.25) is 5.91 Å². The van der Waals surface area contributed by atoms with E-state index in [9.17, 15) is 4.79 Å². The molecule has 1 aromatic heterocycles. The number of methoxy groups -OCH3 is 1. The first-order chi connectivity index (χ1) is 11.7. The lowest BCUT2D eigenvalue weighted by Gasteiger charge is -2.09. The summed E-state index contributed by atoms with van der Waals surface area (Å²) in [6, 6.07) is 19.3. The van der Waals surface area contributed by atoms with E-state index >= 15 is 0 Å². The third-order valence-electron chi connectivity index (χ3n) is 3.68. The van der Waals surface area contributed by atoms with Crippen LogP contribution in [0.1, 0.15) is 11.1 Å². The fourth-order valence-corrected chi connectivity index (χ4v) is 2.44. The molecule has 0 spiro atoms. The van der Waals surface area contributed by atoms with Crippen LogP contribution >= 0.6 is 0 Å². The molecule has 1 amide bonds. The molecule has 0 unspecified atom stereocenters. The van der Waals surface area contributed by atoms with Crippen LogP contribution < -0.4 is 10.1 Å². The normalized spacial score (nSPS) is 10.4. The van der Waals surface area contributed by atoms with Crippen LogP contribution in [-0.2, 0) is 17.8 Å². The number of nitrogens with zero attached hydrogens (tertiary/aromatic N) is 2. The molecule has 2 aromatic carbocycles. The summed E-state index contributed by atoms with van der Waals surface area (Å²) in [5.41, 5.74) is 2.06. The monoisotopic (exact) mass is 321 g/mol. The Hall–Kier alpha value is -3.08. The van der Waals surface area contributed by atoms with E-state index in [4.69, 9.17) is 4.74 Å². The van der Waals surface area contributed by atoms with Crippen molar-refractivity contribution in [2.24, 2.45) is 0 Å². The average Bonchev–Trinajstić information content (AvgIpc) is 3.03. The quantitative estimate of drug-likeness (QED) is 0.759. The fourth-order valence-electron chi connectivity index (χ4n) is 2.44. The number of hydrogen-bond donors (Lipinski definition) is 1. The molecular weight excluding hydrogens is 302 g/mol. The van der Waals surface area contributed by atoms with Gasteiger partial charge in [-0.1, -0.05) is 42.5 Å². The van der Waals surface area contributed by atoms with Crippen LogP contribution in [0, 0.1) is 0 Å². The summed E-state index contributed by atoms with van der Waals surface area (Å²) in [7, 11) is 1.62. The third kappa shape index (κ3) is 4.01. The van der Waals surface area contributed by atoms with Crippen molar-refractivity contribution in [3.05, 3.63) is 78.0 Å². The van der Waals surface area contributed by atoms with Gasteiger partial charge in [0.05, 0.1) is 26.3 Å². The van der Waals surface area contributed by atoms with Crippen molar-refractivity contribution in [1.29, 1.82) is 0 Å². The van der Waals surface area contributed by atoms with E-state index in [-0.39, 0.29) is 5.91 Å². The molecule has 3 aromatic rings. The molecule has 0 radical (unpaired) electrons.